The maximum Gasteiger partial charge on any atom is 0.407 e. The van der Waals surface area contributed by atoms with E-state index in [1.165, 1.54) is 12.1 Å². The molecule has 1 rings (SSSR count). The van der Waals surface area contributed by atoms with Gasteiger partial charge in [-0.3, -0.25) is 0 Å². The number of carbonyl (C=O) groups is 1. The van der Waals surface area contributed by atoms with E-state index in [1.54, 1.807) is 26.8 Å². The maximum atomic E-state index is 11.4. The highest BCUT2D eigenvalue weighted by Crippen LogP contribution is 2.31. The van der Waals surface area contributed by atoms with Crippen LogP contribution in [0.15, 0.2) is 18.2 Å². The van der Waals surface area contributed by atoms with E-state index in [2.05, 4.69) is 5.32 Å². The number of carbonyl (C=O) groups excluding carboxylic acids is 1. The highest BCUT2D eigenvalue weighted by molar-refractivity contribution is 5.67. The summed E-state index contributed by atoms with van der Waals surface area (Å²) < 4.78 is 5.00. The van der Waals surface area contributed by atoms with Crippen LogP contribution in [0.25, 0.3) is 0 Å². The molecule has 0 aromatic heterocycles. The Morgan fingerprint density at radius 1 is 1.38 bits per heavy atom. The van der Waals surface area contributed by atoms with Gasteiger partial charge >= 0.3 is 6.09 Å². The van der Waals surface area contributed by atoms with Gasteiger partial charge in [-0.05, 0) is 26.8 Å². The number of aliphatic hydroxyl groups excluding tert-OH is 2. The number of nitrogen functional groups attached to an aromatic ring is 1. The van der Waals surface area contributed by atoms with E-state index in [-0.39, 0.29) is 23.5 Å². The molecule has 0 saturated carbocycles. The van der Waals surface area contributed by atoms with Crippen LogP contribution in [0, 0.1) is 0 Å². The molecule has 1 aromatic carbocycles. The van der Waals surface area contributed by atoms with Crippen LogP contribution in [0.5, 0.6) is 5.75 Å². The molecule has 1 amide bonds. The number of phenols is 1. The number of hydrogen-bond acceptors (Lipinski definition) is 6. The summed E-state index contributed by atoms with van der Waals surface area (Å²) in [4.78, 5) is 11.4. The van der Waals surface area contributed by atoms with E-state index in [0.717, 1.165) is 0 Å². The Bertz CT molecular complexity index is 499. The Morgan fingerprint density at radius 3 is 2.57 bits per heavy atom. The van der Waals surface area contributed by atoms with Crippen molar-refractivity contribution < 1.29 is 24.9 Å². The zero-order valence-electron chi connectivity index (χ0n) is 12.3. The minimum Gasteiger partial charge on any atom is -0.505 e. The summed E-state index contributed by atoms with van der Waals surface area (Å²) in [6, 6.07) is 4.45. The third-order valence-electron chi connectivity index (χ3n) is 2.64. The van der Waals surface area contributed by atoms with Crippen LogP contribution in [0.1, 0.15) is 32.4 Å². The number of rotatable bonds is 4. The number of nitrogens with one attached hydrogen (secondary N) is 1. The van der Waals surface area contributed by atoms with Crippen molar-refractivity contribution in [3.05, 3.63) is 23.8 Å². The minimum absolute atomic E-state index is 0.0912. The summed E-state index contributed by atoms with van der Waals surface area (Å²) >= 11 is 0. The number of benzene rings is 1. The highest BCUT2D eigenvalue weighted by atomic mass is 16.6. The molecule has 0 spiro atoms. The van der Waals surface area contributed by atoms with Crippen LogP contribution in [0.4, 0.5) is 10.5 Å². The average molecular weight is 298 g/mol. The fraction of sp³-hybridized carbons (Fsp3) is 0.500. The first-order chi connectivity index (χ1) is 9.61. The minimum atomic E-state index is -1.39. The monoisotopic (exact) mass is 298 g/mol. The van der Waals surface area contributed by atoms with Gasteiger partial charge in [0, 0.05) is 12.1 Å². The van der Waals surface area contributed by atoms with Gasteiger partial charge in [0.15, 0.2) is 0 Å². The van der Waals surface area contributed by atoms with Gasteiger partial charge in [-0.25, -0.2) is 4.79 Å². The van der Waals surface area contributed by atoms with Crippen molar-refractivity contribution >= 4 is 11.8 Å². The molecule has 0 heterocycles. The molecule has 21 heavy (non-hydrogen) atoms. The zero-order valence-corrected chi connectivity index (χ0v) is 12.3. The predicted octanol–water partition coefficient (Wildman–Crippen LogP) is 0.893. The third kappa shape index (κ3) is 5.13. The summed E-state index contributed by atoms with van der Waals surface area (Å²) in [5.41, 5.74) is 5.05. The van der Waals surface area contributed by atoms with Crippen molar-refractivity contribution in [3.8, 4) is 5.75 Å². The quantitative estimate of drug-likeness (QED) is 0.415. The molecule has 2 atom stereocenters. The zero-order chi connectivity index (χ0) is 16.2. The van der Waals surface area contributed by atoms with E-state index in [0.29, 0.717) is 0 Å². The molecule has 0 aliphatic heterocycles. The van der Waals surface area contributed by atoms with Crippen molar-refractivity contribution in [1.29, 1.82) is 0 Å². The van der Waals surface area contributed by atoms with Gasteiger partial charge in [-0.15, -0.1) is 0 Å². The molecular formula is C14H22N2O5. The van der Waals surface area contributed by atoms with Gasteiger partial charge in [0.25, 0.3) is 0 Å². The van der Waals surface area contributed by atoms with Crippen LogP contribution >= 0.6 is 0 Å². The van der Waals surface area contributed by atoms with Crippen molar-refractivity contribution in [2.75, 3.05) is 12.3 Å². The summed E-state index contributed by atoms with van der Waals surface area (Å²) in [5.74, 6) is -0.290. The Morgan fingerprint density at radius 2 is 2.00 bits per heavy atom. The van der Waals surface area contributed by atoms with E-state index in [4.69, 9.17) is 10.5 Å². The van der Waals surface area contributed by atoms with Gasteiger partial charge in [0.2, 0.25) is 0 Å². The van der Waals surface area contributed by atoms with E-state index >= 15 is 0 Å². The van der Waals surface area contributed by atoms with Crippen molar-refractivity contribution in [2.45, 2.75) is 38.6 Å². The molecule has 0 aliphatic rings. The fourth-order valence-electron chi connectivity index (χ4n) is 1.64. The first-order valence-corrected chi connectivity index (χ1v) is 6.52. The number of para-hydroxylation sites is 1. The van der Waals surface area contributed by atoms with Crippen LogP contribution in [-0.2, 0) is 4.74 Å². The van der Waals surface area contributed by atoms with E-state index in [1.807, 2.05) is 0 Å². The molecule has 0 bridgehead atoms. The highest BCUT2D eigenvalue weighted by Gasteiger charge is 2.24. The average Bonchev–Trinajstić information content (AvgIpc) is 2.36. The number of aliphatic hydroxyl groups is 2. The normalized spacial score (nSPS) is 14.3. The fourth-order valence-corrected chi connectivity index (χ4v) is 1.64. The molecule has 118 valence electrons. The molecule has 2 unspecified atom stereocenters. The van der Waals surface area contributed by atoms with Crippen LogP contribution < -0.4 is 11.1 Å². The molecule has 7 nitrogen and oxygen atoms in total. The van der Waals surface area contributed by atoms with Crippen LogP contribution in [0.3, 0.4) is 0 Å². The van der Waals surface area contributed by atoms with Gasteiger partial charge in [-0.1, -0.05) is 12.1 Å². The number of aromatic hydroxyl groups is 1. The number of hydrogen-bond donors (Lipinski definition) is 5. The SMILES string of the molecule is CC(C)(C)OC(=O)NCC(O)C(O)c1cccc(N)c1O. The number of alkyl carbamates (subject to hydrolysis) is 1. The molecule has 1 aromatic rings. The Hall–Kier alpha value is -1.99. The summed E-state index contributed by atoms with van der Waals surface area (Å²) in [6.45, 7) is 4.90. The number of amides is 1. The lowest BCUT2D eigenvalue weighted by Crippen LogP contribution is -2.38. The standard InChI is InChI=1S/C14H22N2O5/c1-14(2,3)21-13(20)16-7-10(17)12(19)8-5-4-6-9(15)11(8)18/h4-6,10,12,17-19H,7,15H2,1-3H3,(H,16,20). The first kappa shape index (κ1) is 17.1. The van der Waals surface area contributed by atoms with E-state index < -0.39 is 23.9 Å². The molecule has 0 aliphatic carbocycles. The first-order valence-electron chi connectivity index (χ1n) is 6.52. The van der Waals surface area contributed by atoms with Gasteiger partial charge in [0.05, 0.1) is 5.69 Å². The number of ether oxygens (including phenoxy) is 1. The topological polar surface area (TPSA) is 125 Å². The molecule has 6 N–H and O–H groups in total. The second-order valence-corrected chi connectivity index (χ2v) is 5.68. The van der Waals surface area contributed by atoms with Gasteiger partial charge < -0.3 is 31.1 Å². The largest absolute Gasteiger partial charge is 0.505 e. The number of phenolic OH excluding ortho intramolecular Hbond substituents is 1. The Labute approximate surface area is 123 Å². The van der Waals surface area contributed by atoms with Crippen LogP contribution in [-0.4, -0.2) is 39.7 Å². The molecule has 0 saturated heterocycles. The van der Waals surface area contributed by atoms with Gasteiger partial charge in [0.1, 0.15) is 23.6 Å². The van der Waals surface area contributed by atoms with Crippen molar-refractivity contribution in [1.82, 2.24) is 5.32 Å². The van der Waals surface area contributed by atoms with Crippen molar-refractivity contribution in [3.63, 3.8) is 0 Å². The lowest BCUT2D eigenvalue weighted by atomic mass is 10.0. The predicted molar refractivity (Wildman–Crippen MR) is 77.7 cm³/mol. The second kappa shape index (κ2) is 6.64. The number of nitrogens with two attached hydrogens (primary N) is 1. The summed E-state index contributed by atoms with van der Waals surface area (Å²) in [5, 5.41) is 31.9. The third-order valence-corrected chi connectivity index (χ3v) is 2.64. The van der Waals surface area contributed by atoms with Crippen LogP contribution in [0.2, 0.25) is 0 Å². The molecule has 0 fully saturated rings. The lowest BCUT2D eigenvalue weighted by Gasteiger charge is -2.22. The van der Waals surface area contributed by atoms with Gasteiger partial charge in [-0.2, -0.15) is 0 Å². The lowest BCUT2D eigenvalue weighted by molar-refractivity contribution is 0.0120. The summed E-state index contributed by atoms with van der Waals surface area (Å²) in [7, 11) is 0. The summed E-state index contributed by atoms with van der Waals surface area (Å²) in [6.07, 6.45) is -3.40. The smallest absolute Gasteiger partial charge is 0.407 e. The molecular weight excluding hydrogens is 276 g/mol. The molecule has 7 heteroatoms. The Balaban J connectivity index is 2.61. The number of anilines is 1. The Kier molecular flexibility index (Phi) is 5.40. The molecule has 0 radical (unpaired) electrons. The van der Waals surface area contributed by atoms with E-state index in [9.17, 15) is 20.1 Å². The second-order valence-electron chi connectivity index (χ2n) is 5.68. The van der Waals surface area contributed by atoms with Crippen molar-refractivity contribution in [2.24, 2.45) is 0 Å². The maximum absolute atomic E-state index is 11.4.